The molecule has 0 aromatic carbocycles. The van der Waals surface area contributed by atoms with Gasteiger partial charge in [0.2, 0.25) is 0 Å². The highest BCUT2D eigenvalue weighted by Crippen LogP contribution is 2.27. The van der Waals surface area contributed by atoms with Crippen LogP contribution in [0.3, 0.4) is 0 Å². The van der Waals surface area contributed by atoms with Crippen LogP contribution >= 0.6 is 0 Å². The van der Waals surface area contributed by atoms with Crippen LogP contribution in [0, 0.1) is 0 Å². The minimum absolute atomic E-state index is 0.302. The first-order valence-electron chi connectivity index (χ1n) is 6.81. The minimum Gasteiger partial charge on any atom is -0.325 e. The third-order valence-corrected chi connectivity index (χ3v) is 4.10. The number of rotatable bonds is 1. The normalized spacial score (nSPS) is 30.9. The summed E-state index contributed by atoms with van der Waals surface area (Å²) in [4.78, 5) is 16.6. The number of urea groups is 1. The molecule has 0 aliphatic carbocycles. The summed E-state index contributed by atoms with van der Waals surface area (Å²) in [5.41, 5.74) is 0. The highest BCUT2D eigenvalue weighted by Gasteiger charge is 2.35. The Morgan fingerprint density at radius 3 is 2.50 bits per heavy atom. The highest BCUT2D eigenvalue weighted by atomic mass is 16.2. The van der Waals surface area contributed by atoms with Crippen molar-refractivity contribution in [2.75, 3.05) is 13.1 Å². The standard InChI is InChI=1S/C13H24N2O/c1-3-12-8-7-11(2)15(12)13(16)14-9-5-4-6-10-14/h11-12H,3-10H2,1-2H3. The Kier molecular flexibility index (Phi) is 3.72. The zero-order valence-corrected chi connectivity index (χ0v) is 10.6. The molecule has 2 rings (SSSR count). The quantitative estimate of drug-likeness (QED) is 0.672. The lowest BCUT2D eigenvalue weighted by Gasteiger charge is -2.36. The molecule has 2 saturated heterocycles. The maximum atomic E-state index is 12.4. The molecule has 0 aromatic heterocycles. The largest absolute Gasteiger partial charge is 0.325 e. The second kappa shape index (κ2) is 5.07. The van der Waals surface area contributed by atoms with Gasteiger partial charge in [-0.05, 0) is 45.4 Å². The highest BCUT2D eigenvalue weighted by molar-refractivity contribution is 5.75. The molecule has 92 valence electrons. The van der Waals surface area contributed by atoms with Crippen LogP contribution in [0.25, 0.3) is 0 Å². The summed E-state index contributed by atoms with van der Waals surface area (Å²) in [7, 11) is 0. The van der Waals surface area contributed by atoms with Crippen molar-refractivity contribution in [2.24, 2.45) is 0 Å². The molecule has 2 atom stereocenters. The van der Waals surface area contributed by atoms with Crippen LogP contribution < -0.4 is 0 Å². The van der Waals surface area contributed by atoms with Crippen LogP contribution in [-0.2, 0) is 0 Å². The fraction of sp³-hybridized carbons (Fsp3) is 0.923. The Labute approximate surface area is 98.8 Å². The molecule has 2 heterocycles. The second-order valence-electron chi connectivity index (χ2n) is 5.23. The Morgan fingerprint density at radius 2 is 1.88 bits per heavy atom. The van der Waals surface area contributed by atoms with Gasteiger partial charge in [0.1, 0.15) is 0 Å². The number of likely N-dealkylation sites (tertiary alicyclic amines) is 2. The van der Waals surface area contributed by atoms with Crippen molar-refractivity contribution in [3.8, 4) is 0 Å². The summed E-state index contributed by atoms with van der Waals surface area (Å²) in [6.45, 7) is 6.33. The molecule has 2 amide bonds. The van der Waals surface area contributed by atoms with Crippen molar-refractivity contribution in [3.05, 3.63) is 0 Å². The van der Waals surface area contributed by atoms with Gasteiger partial charge < -0.3 is 9.80 Å². The lowest BCUT2D eigenvalue weighted by atomic mass is 10.1. The van der Waals surface area contributed by atoms with E-state index >= 15 is 0 Å². The zero-order valence-electron chi connectivity index (χ0n) is 10.6. The SMILES string of the molecule is CCC1CCC(C)N1C(=O)N1CCCCC1. The number of hydrogen-bond donors (Lipinski definition) is 0. The average molecular weight is 224 g/mol. The molecule has 3 nitrogen and oxygen atoms in total. The van der Waals surface area contributed by atoms with E-state index in [1.54, 1.807) is 0 Å². The van der Waals surface area contributed by atoms with E-state index in [4.69, 9.17) is 0 Å². The van der Waals surface area contributed by atoms with Crippen LogP contribution in [-0.4, -0.2) is 41.0 Å². The van der Waals surface area contributed by atoms with Gasteiger partial charge in [-0.3, -0.25) is 0 Å². The van der Waals surface area contributed by atoms with Gasteiger partial charge in [-0.25, -0.2) is 4.79 Å². The first-order chi connectivity index (χ1) is 7.74. The van der Waals surface area contributed by atoms with Gasteiger partial charge in [-0.2, -0.15) is 0 Å². The summed E-state index contributed by atoms with van der Waals surface area (Å²) < 4.78 is 0. The zero-order chi connectivity index (χ0) is 11.5. The topological polar surface area (TPSA) is 23.6 Å². The number of piperidine rings is 1. The van der Waals surface area contributed by atoms with Gasteiger partial charge in [0.15, 0.2) is 0 Å². The van der Waals surface area contributed by atoms with Crippen LogP contribution in [0.15, 0.2) is 0 Å². The molecule has 0 spiro atoms. The first-order valence-corrected chi connectivity index (χ1v) is 6.81. The molecule has 2 aliphatic heterocycles. The average Bonchev–Trinajstić information content (AvgIpc) is 2.70. The van der Waals surface area contributed by atoms with Gasteiger partial charge in [0.05, 0.1) is 0 Å². The maximum absolute atomic E-state index is 12.4. The van der Waals surface area contributed by atoms with Crippen molar-refractivity contribution in [1.29, 1.82) is 0 Å². The Hall–Kier alpha value is -0.730. The minimum atomic E-state index is 0.302. The number of carbonyl (C=O) groups is 1. The van der Waals surface area contributed by atoms with Crippen LogP contribution in [0.1, 0.15) is 52.4 Å². The van der Waals surface area contributed by atoms with E-state index in [-0.39, 0.29) is 0 Å². The molecule has 2 unspecified atom stereocenters. The summed E-state index contributed by atoms with van der Waals surface area (Å²) in [6, 6.07) is 1.24. The van der Waals surface area contributed by atoms with Gasteiger partial charge in [-0.15, -0.1) is 0 Å². The van der Waals surface area contributed by atoms with Gasteiger partial charge >= 0.3 is 6.03 Å². The van der Waals surface area contributed by atoms with Gasteiger partial charge in [-0.1, -0.05) is 6.92 Å². The van der Waals surface area contributed by atoms with Crippen LogP contribution in [0.2, 0.25) is 0 Å². The Morgan fingerprint density at radius 1 is 1.19 bits per heavy atom. The van der Waals surface area contributed by atoms with Crippen molar-refractivity contribution in [3.63, 3.8) is 0 Å². The van der Waals surface area contributed by atoms with Crippen molar-refractivity contribution < 1.29 is 4.79 Å². The van der Waals surface area contributed by atoms with E-state index in [9.17, 15) is 4.79 Å². The van der Waals surface area contributed by atoms with Gasteiger partial charge in [0, 0.05) is 25.2 Å². The molecule has 2 fully saturated rings. The van der Waals surface area contributed by atoms with E-state index in [0.717, 1.165) is 19.5 Å². The first kappa shape index (κ1) is 11.7. The van der Waals surface area contributed by atoms with E-state index in [0.29, 0.717) is 18.1 Å². The second-order valence-corrected chi connectivity index (χ2v) is 5.23. The number of nitrogens with zero attached hydrogens (tertiary/aromatic N) is 2. The van der Waals surface area contributed by atoms with Gasteiger partial charge in [0.25, 0.3) is 0 Å². The fourth-order valence-electron chi connectivity index (χ4n) is 3.07. The monoisotopic (exact) mass is 224 g/mol. The molecule has 16 heavy (non-hydrogen) atoms. The van der Waals surface area contributed by atoms with E-state index in [1.807, 2.05) is 0 Å². The van der Waals surface area contributed by atoms with E-state index < -0.39 is 0 Å². The molecule has 0 N–H and O–H groups in total. The predicted molar refractivity (Wildman–Crippen MR) is 65.4 cm³/mol. The molecule has 0 bridgehead atoms. The van der Waals surface area contributed by atoms with E-state index in [1.165, 1.54) is 32.1 Å². The van der Waals surface area contributed by atoms with Crippen molar-refractivity contribution in [1.82, 2.24) is 9.80 Å². The number of hydrogen-bond acceptors (Lipinski definition) is 1. The lowest BCUT2D eigenvalue weighted by Crippen LogP contribution is -2.49. The Bertz CT molecular complexity index is 248. The third kappa shape index (κ3) is 2.18. The van der Waals surface area contributed by atoms with Crippen molar-refractivity contribution >= 4 is 6.03 Å². The molecule has 0 radical (unpaired) electrons. The molecule has 0 aromatic rings. The molecule has 3 heteroatoms. The lowest BCUT2D eigenvalue weighted by molar-refractivity contribution is 0.125. The summed E-state index contributed by atoms with van der Waals surface area (Å²) in [6.07, 6.45) is 7.13. The summed E-state index contributed by atoms with van der Waals surface area (Å²) in [5.74, 6) is 0. The molecule has 2 aliphatic rings. The number of carbonyl (C=O) groups excluding carboxylic acids is 1. The summed E-state index contributed by atoms with van der Waals surface area (Å²) in [5, 5.41) is 0. The smallest absolute Gasteiger partial charge is 0.320 e. The van der Waals surface area contributed by atoms with Crippen LogP contribution in [0.5, 0.6) is 0 Å². The molecular formula is C13H24N2O. The number of amides is 2. The Balaban J connectivity index is 2.01. The fourth-order valence-corrected chi connectivity index (χ4v) is 3.07. The maximum Gasteiger partial charge on any atom is 0.320 e. The molecule has 0 saturated carbocycles. The van der Waals surface area contributed by atoms with Crippen LogP contribution in [0.4, 0.5) is 4.79 Å². The summed E-state index contributed by atoms with van der Waals surface area (Å²) >= 11 is 0. The van der Waals surface area contributed by atoms with E-state index in [2.05, 4.69) is 23.6 Å². The van der Waals surface area contributed by atoms with Crippen molar-refractivity contribution in [2.45, 2.75) is 64.5 Å². The predicted octanol–water partition coefficient (Wildman–Crippen LogP) is 2.86. The third-order valence-electron chi connectivity index (χ3n) is 4.10. The molecular weight excluding hydrogens is 200 g/mol.